The molecular formula is C30H36FN3O3. The monoisotopic (exact) mass is 505 g/mol. The summed E-state index contributed by atoms with van der Waals surface area (Å²) >= 11 is 0. The van der Waals surface area contributed by atoms with Gasteiger partial charge in [0.25, 0.3) is 5.56 Å². The second-order valence-electron chi connectivity index (χ2n) is 10.9. The molecule has 3 aromatic rings. The van der Waals surface area contributed by atoms with Crippen molar-refractivity contribution < 1.29 is 13.9 Å². The van der Waals surface area contributed by atoms with Crippen molar-refractivity contribution in [2.75, 3.05) is 57.5 Å². The number of ether oxygens (including phenoxy) is 2. The van der Waals surface area contributed by atoms with Gasteiger partial charge in [-0.2, -0.15) is 0 Å². The standard InChI is InChI=1S/C30H36FN3O3/c31-13-2-14-32-16-11-30(21-32)12-17-33(22-30)24-4-6-25(7-5-24)34-15-10-23-19-26(8-9-28(23)29(34)35)37-20-27-3-1-18-36-27/h4-10,15,19,27H,1-3,11-14,16-18,20-22H2/t27-,30-/m0/s1. The third kappa shape index (κ3) is 5.12. The topological polar surface area (TPSA) is 46.9 Å². The van der Waals surface area contributed by atoms with Crippen LogP contribution in [0.5, 0.6) is 5.75 Å². The lowest BCUT2D eigenvalue weighted by Crippen LogP contribution is -2.31. The average molecular weight is 506 g/mol. The first-order chi connectivity index (χ1) is 18.1. The van der Waals surface area contributed by atoms with Crippen LogP contribution in [0.3, 0.4) is 0 Å². The number of benzene rings is 2. The van der Waals surface area contributed by atoms with Crippen molar-refractivity contribution in [1.82, 2.24) is 9.47 Å². The second-order valence-corrected chi connectivity index (χ2v) is 10.9. The molecule has 1 spiro atoms. The average Bonchev–Trinajstić information content (AvgIpc) is 3.69. The van der Waals surface area contributed by atoms with E-state index in [4.69, 9.17) is 9.47 Å². The Morgan fingerprint density at radius 1 is 1.03 bits per heavy atom. The van der Waals surface area contributed by atoms with E-state index in [1.807, 2.05) is 42.6 Å². The lowest BCUT2D eigenvalue weighted by Gasteiger charge is -2.25. The van der Waals surface area contributed by atoms with Crippen LogP contribution in [-0.4, -0.2) is 68.2 Å². The quantitative estimate of drug-likeness (QED) is 0.440. The number of halogens is 1. The second kappa shape index (κ2) is 10.5. The molecule has 0 saturated carbocycles. The minimum atomic E-state index is -0.228. The normalized spacial score (nSPS) is 24.0. The molecule has 3 fully saturated rings. The summed E-state index contributed by atoms with van der Waals surface area (Å²) in [5.74, 6) is 0.765. The molecule has 3 aliphatic heterocycles. The zero-order valence-electron chi connectivity index (χ0n) is 21.4. The molecule has 0 bridgehead atoms. The highest BCUT2D eigenvalue weighted by molar-refractivity contribution is 5.83. The largest absolute Gasteiger partial charge is 0.491 e. The van der Waals surface area contributed by atoms with E-state index < -0.39 is 0 Å². The number of nitrogens with zero attached hydrogens (tertiary/aromatic N) is 3. The zero-order chi connectivity index (χ0) is 25.2. The van der Waals surface area contributed by atoms with Gasteiger partial charge in [0, 0.05) is 61.2 Å². The molecule has 196 valence electrons. The summed E-state index contributed by atoms with van der Waals surface area (Å²) in [4.78, 5) is 18.2. The number of likely N-dealkylation sites (tertiary alicyclic amines) is 1. The molecule has 0 N–H and O–H groups in total. The minimum Gasteiger partial charge on any atom is -0.491 e. The molecule has 0 aliphatic carbocycles. The van der Waals surface area contributed by atoms with Crippen molar-refractivity contribution in [2.45, 2.75) is 38.2 Å². The Morgan fingerprint density at radius 3 is 2.68 bits per heavy atom. The fourth-order valence-electron chi connectivity index (χ4n) is 6.30. The van der Waals surface area contributed by atoms with E-state index in [2.05, 4.69) is 21.9 Å². The highest BCUT2D eigenvalue weighted by Crippen LogP contribution is 2.41. The van der Waals surface area contributed by atoms with Crippen molar-refractivity contribution in [3.05, 3.63) is 65.1 Å². The molecular weight excluding hydrogens is 469 g/mol. The van der Waals surface area contributed by atoms with Crippen molar-refractivity contribution in [1.29, 1.82) is 0 Å². The molecule has 2 atom stereocenters. The van der Waals surface area contributed by atoms with E-state index in [0.29, 0.717) is 23.8 Å². The highest BCUT2D eigenvalue weighted by atomic mass is 19.1. The third-order valence-electron chi connectivity index (χ3n) is 8.39. The van der Waals surface area contributed by atoms with Gasteiger partial charge in [-0.3, -0.25) is 13.8 Å². The number of alkyl halides is 1. The summed E-state index contributed by atoms with van der Waals surface area (Å²) in [5, 5.41) is 1.55. The Labute approximate surface area is 217 Å². The van der Waals surface area contributed by atoms with Crippen molar-refractivity contribution >= 4 is 16.5 Å². The Balaban J connectivity index is 1.13. The van der Waals surface area contributed by atoms with Crippen LogP contribution in [0.25, 0.3) is 16.5 Å². The number of pyridine rings is 1. The molecule has 0 unspecified atom stereocenters. The first kappa shape index (κ1) is 24.4. The summed E-state index contributed by atoms with van der Waals surface area (Å²) in [5.41, 5.74) is 2.36. The van der Waals surface area contributed by atoms with E-state index in [9.17, 15) is 9.18 Å². The molecule has 4 heterocycles. The van der Waals surface area contributed by atoms with Crippen LogP contribution in [0, 0.1) is 5.41 Å². The molecule has 6 rings (SSSR count). The SMILES string of the molecule is O=c1c2ccc(OC[C@@H]3CCCO3)cc2ccn1-c1ccc(N2CC[C@]3(CCN(CCCF)C3)C2)cc1. The van der Waals surface area contributed by atoms with E-state index in [1.165, 1.54) is 18.5 Å². The number of hydrogen-bond donors (Lipinski definition) is 0. The van der Waals surface area contributed by atoms with Gasteiger partial charge in [0.2, 0.25) is 0 Å². The molecule has 7 heteroatoms. The summed E-state index contributed by atoms with van der Waals surface area (Å²) < 4.78 is 25.8. The Morgan fingerprint density at radius 2 is 1.86 bits per heavy atom. The Bertz CT molecular complexity index is 1290. The number of anilines is 1. The molecule has 6 nitrogen and oxygen atoms in total. The van der Waals surface area contributed by atoms with Crippen LogP contribution in [0.1, 0.15) is 32.1 Å². The van der Waals surface area contributed by atoms with Gasteiger partial charge < -0.3 is 19.3 Å². The minimum absolute atomic E-state index is 0.0321. The van der Waals surface area contributed by atoms with Crippen LogP contribution < -0.4 is 15.2 Å². The molecule has 1 aromatic heterocycles. The first-order valence-corrected chi connectivity index (χ1v) is 13.7. The summed E-state index contributed by atoms with van der Waals surface area (Å²) in [7, 11) is 0. The van der Waals surface area contributed by atoms with E-state index >= 15 is 0 Å². The third-order valence-corrected chi connectivity index (χ3v) is 8.39. The molecule has 3 saturated heterocycles. The molecule has 37 heavy (non-hydrogen) atoms. The molecule has 3 aliphatic rings. The van der Waals surface area contributed by atoms with Gasteiger partial charge in [-0.1, -0.05) is 0 Å². The van der Waals surface area contributed by atoms with E-state index in [0.717, 1.165) is 69.0 Å². The Kier molecular flexibility index (Phi) is 6.91. The zero-order valence-corrected chi connectivity index (χ0v) is 21.4. The fraction of sp³-hybridized carbons (Fsp3) is 0.500. The number of rotatable bonds is 8. The maximum atomic E-state index is 13.3. The number of hydrogen-bond acceptors (Lipinski definition) is 5. The summed E-state index contributed by atoms with van der Waals surface area (Å²) in [6, 6.07) is 16.0. The van der Waals surface area contributed by atoms with Crippen LogP contribution in [0.2, 0.25) is 0 Å². The van der Waals surface area contributed by atoms with Gasteiger partial charge in [-0.25, -0.2) is 0 Å². The van der Waals surface area contributed by atoms with Crippen LogP contribution in [0.4, 0.5) is 10.1 Å². The van der Waals surface area contributed by atoms with Gasteiger partial charge in [0.05, 0.1) is 12.8 Å². The number of fused-ring (bicyclic) bond motifs is 1. The maximum absolute atomic E-state index is 13.3. The fourth-order valence-corrected chi connectivity index (χ4v) is 6.30. The molecule has 0 amide bonds. The predicted octanol–water partition coefficient (Wildman–Crippen LogP) is 4.81. The number of aromatic nitrogens is 1. The van der Waals surface area contributed by atoms with Crippen molar-refractivity contribution in [3.8, 4) is 11.4 Å². The maximum Gasteiger partial charge on any atom is 0.262 e. The van der Waals surface area contributed by atoms with Crippen molar-refractivity contribution in [3.63, 3.8) is 0 Å². The van der Waals surface area contributed by atoms with E-state index in [1.54, 1.807) is 4.57 Å². The molecule has 2 aromatic carbocycles. The van der Waals surface area contributed by atoms with Crippen molar-refractivity contribution in [2.24, 2.45) is 5.41 Å². The highest BCUT2D eigenvalue weighted by Gasteiger charge is 2.43. The van der Waals surface area contributed by atoms with Crippen LogP contribution in [0.15, 0.2) is 59.5 Å². The van der Waals surface area contributed by atoms with Gasteiger partial charge in [-0.15, -0.1) is 0 Å². The van der Waals surface area contributed by atoms with Gasteiger partial charge in [-0.05, 0) is 92.6 Å². The lowest BCUT2D eigenvalue weighted by atomic mass is 9.86. The summed E-state index contributed by atoms with van der Waals surface area (Å²) in [6.07, 6.45) is 7.16. The van der Waals surface area contributed by atoms with Crippen LogP contribution >= 0.6 is 0 Å². The van der Waals surface area contributed by atoms with Gasteiger partial charge >= 0.3 is 0 Å². The lowest BCUT2D eigenvalue weighted by molar-refractivity contribution is 0.0680. The van der Waals surface area contributed by atoms with Gasteiger partial charge in [0.1, 0.15) is 12.4 Å². The predicted molar refractivity (Wildman–Crippen MR) is 145 cm³/mol. The first-order valence-electron chi connectivity index (χ1n) is 13.7. The van der Waals surface area contributed by atoms with Crippen LogP contribution in [-0.2, 0) is 4.74 Å². The Hall–Kier alpha value is -2.90. The van der Waals surface area contributed by atoms with E-state index in [-0.39, 0.29) is 18.3 Å². The van der Waals surface area contributed by atoms with Gasteiger partial charge in [0.15, 0.2) is 0 Å². The smallest absolute Gasteiger partial charge is 0.262 e. The summed E-state index contributed by atoms with van der Waals surface area (Å²) in [6.45, 7) is 6.26. The molecule has 0 radical (unpaired) electrons.